The van der Waals surface area contributed by atoms with Gasteiger partial charge in [0.05, 0.1) is 18.4 Å². The van der Waals surface area contributed by atoms with Crippen LogP contribution in [0.25, 0.3) is 22.3 Å². The fraction of sp³-hybridized carbons (Fsp3) is 0.396. The van der Waals surface area contributed by atoms with E-state index in [9.17, 15) is 24.4 Å². The van der Waals surface area contributed by atoms with Crippen LogP contribution in [0.4, 0.5) is 0 Å². The summed E-state index contributed by atoms with van der Waals surface area (Å²) in [6, 6.07) is 27.0. The summed E-state index contributed by atoms with van der Waals surface area (Å²) >= 11 is 0. The SMILES string of the molecule is CCCCc1ccc(-c2ccc(C(=O)C[C@@H](CN)C(=O)N(C)[C@@H]3C(=O)C[C@@H](C)C(=O)N[C@H](CC#N)Cc4ccc(OCCN)c(c4)-c4cc3ccc4OCCN)cc2)cc1. The van der Waals surface area contributed by atoms with Crippen LogP contribution in [0.5, 0.6) is 11.5 Å². The molecule has 12 nitrogen and oxygen atoms in total. The van der Waals surface area contributed by atoms with E-state index in [1.807, 2.05) is 24.3 Å². The highest BCUT2D eigenvalue weighted by Gasteiger charge is 2.35. The number of carbonyl (C=O) groups excluding carboxylic acids is 4. The maximum Gasteiger partial charge on any atom is 0.228 e. The number of amides is 2. The van der Waals surface area contributed by atoms with Gasteiger partial charge in [0.25, 0.3) is 0 Å². The normalized spacial score (nSPS) is 17.1. The first-order chi connectivity index (χ1) is 29.0. The maximum atomic E-state index is 14.5. The number of hydrogen-bond acceptors (Lipinski definition) is 10. The molecule has 4 aromatic carbocycles. The smallest absolute Gasteiger partial charge is 0.228 e. The van der Waals surface area contributed by atoms with Gasteiger partial charge in [-0.3, -0.25) is 19.2 Å². The first-order valence-corrected chi connectivity index (χ1v) is 20.8. The van der Waals surface area contributed by atoms with Gasteiger partial charge in [-0.1, -0.05) is 80.9 Å². The van der Waals surface area contributed by atoms with Gasteiger partial charge >= 0.3 is 0 Å². The zero-order valence-corrected chi connectivity index (χ0v) is 35.0. The second kappa shape index (κ2) is 21.9. The lowest BCUT2D eigenvalue weighted by Gasteiger charge is -2.32. The molecule has 7 N–H and O–H groups in total. The van der Waals surface area contributed by atoms with E-state index in [4.69, 9.17) is 26.7 Å². The fourth-order valence-corrected chi connectivity index (χ4v) is 7.60. The average Bonchev–Trinajstić information content (AvgIpc) is 3.26. The lowest BCUT2D eigenvalue weighted by Crippen LogP contribution is -2.44. The lowest BCUT2D eigenvalue weighted by molar-refractivity contribution is -0.142. The standard InChI is InChI=1S/C48H58N6O6/c1-4-5-6-32-7-10-34(11-8-32)35-12-14-36(15-13-35)42(55)29-38(30-52)48(58)54(3)46-37-16-18-45(60-24-22-51)41(28-37)40-27-33(9-17-44(40)59-23-21-50)26-39(19-20-49)53-47(57)31(2)25-43(46)56/h7-18,27-28,31,38-39,46H,4-6,19,21-26,29-30,50-52H2,1-3H3,(H,53,57)/t31-,38+,39-,46+/m1/s1. The van der Waals surface area contributed by atoms with Crippen molar-refractivity contribution in [2.45, 2.75) is 70.9 Å². The number of nitriles is 1. The molecule has 4 bridgehead atoms. The number of benzene rings is 4. The predicted octanol–water partition coefficient (Wildman–Crippen LogP) is 5.94. The van der Waals surface area contributed by atoms with Gasteiger partial charge in [-0.25, -0.2) is 0 Å². The van der Waals surface area contributed by atoms with Crippen molar-refractivity contribution in [1.29, 1.82) is 5.26 Å². The Hall–Kier alpha value is -5.87. The van der Waals surface area contributed by atoms with E-state index in [1.54, 1.807) is 43.3 Å². The van der Waals surface area contributed by atoms with Crippen LogP contribution < -0.4 is 32.0 Å². The van der Waals surface area contributed by atoms with Crippen molar-refractivity contribution in [3.63, 3.8) is 0 Å². The van der Waals surface area contributed by atoms with Gasteiger partial charge in [0.1, 0.15) is 30.8 Å². The number of ketones is 2. The molecule has 4 atom stereocenters. The van der Waals surface area contributed by atoms with Gasteiger partial charge in [-0.15, -0.1) is 0 Å². The number of nitrogens with two attached hydrogens (primary N) is 3. The summed E-state index contributed by atoms with van der Waals surface area (Å²) in [5.74, 6) is -2.27. The molecule has 1 aliphatic rings. The molecule has 0 saturated carbocycles. The summed E-state index contributed by atoms with van der Waals surface area (Å²) < 4.78 is 12.2. The predicted molar refractivity (Wildman–Crippen MR) is 233 cm³/mol. The maximum absolute atomic E-state index is 14.5. The molecule has 0 fully saturated rings. The van der Waals surface area contributed by atoms with E-state index in [0.717, 1.165) is 36.0 Å². The van der Waals surface area contributed by atoms with Crippen molar-refractivity contribution >= 4 is 23.4 Å². The number of fused-ring (bicyclic) bond motifs is 5. The molecular weight excluding hydrogens is 757 g/mol. The van der Waals surface area contributed by atoms with Crippen LogP contribution in [0.2, 0.25) is 0 Å². The fourth-order valence-electron chi connectivity index (χ4n) is 7.60. The second-order valence-electron chi connectivity index (χ2n) is 15.5. The number of aryl methyl sites for hydroxylation is 1. The van der Waals surface area contributed by atoms with Crippen molar-refractivity contribution in [2.75, 3.05) is 39.9 Å². The molecule has 0 aromatic heterocycles. The van der Waals surface area contributed by atoms with E-state index in [-0.39, 0.29) is 63.8 Å². The summed E-state index contributed by atoms with van der Waals surface area (Å²) in [7, 11) is 1.52. The number of ether oxygens (including phenoxy) is 2. The third-order valence-corrected chi connectivity index (χ3v) is 10.9. The van der Waals surface area contributed by atoms with Crippen molar-refractivity contribution in [3.05, 3.63) is 107 Å². The Morgan fingerprint density at radius 1 is 0.867 bits per heavy atom. The summed E-state index contributed by atoms with van der Waals surface area (Å²) in [5.41, 5.74) is 24.1. The van der Waals surface area contributed by atoms with E-state index in [0.29, 0.717) is 40.2 Å². The summed E-state index contributed by atoms with van der Waals surface area (Å²) in [5, 5.41) is 12.6. The molecule has 0 unspecified atom stereocenters. The summed E-state index contributed by atoms with van der Waals surface area (Å²) in [6.45, 7) is 4.63. The van der Waals surface area contributed by atoms with Gasteiger partial charge in [-0.05, 0) is 71.3 Å². The highest BCUT2D eigenvalue weighted by Crippen LogP contribution is 2.41. The number of nitrogens with zero attached hydrogens (tertiary/aromatic N) is 2. The van der Waals surface area contributed by atoms with Gasteiger partial charge in [0.15, 0.2) is 11.6 Å². The Morgan fingerprint density at radius 2 is 1.48 bits per heavy atom. The van der Waals surface area contributed by atoms with Crippen LogP contribution in [-0.2, 0) is 27.2 Å². The van der Waals surface area contributed by atoms with Gasteiger partial charge in [-0.2, -0.15) is 5.26 Å². The first-order valence-electron chi connectivity index (χ1n) is 20.8. The topological polar surface area (TPSA) is 204 Å². The number of carbonyl (C=O) groups is 4. The minimum Gasteiger partial charge on any atom is -0.492 e. The quantitative estimate of drug-likeness (QED) is 0.0925. The Labute approximate surface area is 353 Å². The molecule has 0 radical (unpaired) electrons. The molecule has 316 valence electrons. The largest absolute Gasteiger partial charge is 0.492 e. The molecule has 5 rings (SSSR count). The van der Waals surface area contributed by atoms with E-state index in [1.165, 1.54) is 17.5 Å². The molecule has 12 heteroatoms. The summed E-state index contributed by atoms with van der Waals surface area (Å²) in [4.78, 5) is 57.5. The number of rotatable bonds is 17. The molecular formula is C48H58N6O6. The van der Waals surface area contributed by atoms with E-state index < -0.39 is 35.6 Å². The van der Waals surface area contributed by atoms with Crippen molar-refractivity contribution in [1.82, 2.24) is 10.2 Å². The molecule has 1 heterocycles. The molecule has 1 aliphatic heterocycles. The lowest BCUT2D eigenvalue weighted by atomic mass is 9.88. The number of Topliss-reactive ketones (excluding diaryl/α,β-unsaturated/α-hetero) is 2. The van der Waals surface area contributed by atoms with Crippen LogP contribution in [0, 0.1) is 23.2 Å². The minimum atomic E-state index is -1.17. The van der Waals surface area contributed by atoms with Crippen molar-refractivity contribution < 1.29 is 28.7 Å². The van der Waals surface area contributed by atoms with Crippen LogP contribution >= 0.6 is 0 Å². The van der Waals surface area contributed by atoms with E-state index in [2.05, 4.69) is 42.6 Å². The van der Waals surface area contributed by atoms with Crippen LogP contribution in [0.3, 0.4) is 0 Å². The highest BCUT2D eigenvalue weighted by molar-refractivity contribution is 6.00. The monoisotopic (exact) mass is 814 g/mol. The van der Waals surface area contributed by atoms with Gasteiger partial charge in [0.2, 0.25) is 11.8 Å². The Morgan fingerprint density at radius 3 is 2.08 bits per heavy atom. The van der Waals surface area contributed by atoms with Crippen molar-refractivity contribution in [3.8, 4) is 39.8 Å². The molecule has 0 spiro atoms. The Bertz CT molecular complexity index is 2150. The van der Waals surface area contributed by atoms with Crippen LogP contribution in [-0.4, -0.2) is 74.2 Å². The molecule has 60 heavy (non-hydrogen) atoms. The minimum absolute atomic E-state index is 0.0453. The first kappa shape index (κ1) is 45.2. The number of likely N-dealkylation sites (N-methyl/N-ethyl adjacent to an activating group) is 1. The van der Waals surface area contributed by atoms with Gasteiger partial charge < -0.3 is 36.9 Å². The Kier molecular flexibility index (Phi) is 16.5. The molecule has 4 aromatic rings. The van der Waals surface area contributed by atoms with Crippen LogP contribution in [0.1, 0.15) is 79.0 Å². The van der Waals surface area contributed by atoms with Gasteiger partial charge in [0, 0.05) is 68.2 Å². The summed E-state index contributed by atoms with van der Waals surface area (Å²) in [6.07, 6.45) is 3.33. The second-order valence-corrected chi connectivity index (χ2v) is 15.5. The van der Waals surface area contributed by atoms with Crippen molar-refractivity contribution in [2.24, 2.45) is 29.0 Å². The zero-order chi connectivity index (χ0) is 43.2. The molecule has 0 aliphatic carbocycles. The number of hydrogen-bond donors (Lipinski definition) is 4. The van der Waals surface area contributed by atoms with E-state index >= 15 is 0 Å². The average molecular weight is 815 g/mol. The third-order valence-electron chi connectivity index (χ3n) is 10.9. The highest BCUT2D eigenvalue weighted by atomic mass is 16.5. The Balaban J connectivity index is 1.49. The van der Waals surface area contributed by atoms with Crippen LogP contribution in [0.15, 0.2) is 84.9 Å². The molecule has 0 saturated heterocycles. The molecule has 2 amide bonds. The zero-order valence-electron chi connectivity index (χ0n) is 35.0. The third kappa shape index (κ3) is 11.4. The number of unbranched alkanes of at least 4 members (excludes halogenated alkanes) is 1. The number of nitrogens with one attached hydrogen (secondary N) is 1.